The molecule has 1 aromatic heterocycles. The first-order chi connectivity index (χ1) is 12.9. The van der Waals surface area contributed by atoms with Gasteiger partial charge in [-0.05, 0) is 42.8 Å². The second-order valence-corrected chi connectivity index (χ2v) is 7.86. The molecule has 0 unspecified atom stereocenters. The summed E-state index contributed by atoms with van der Waals surface area (Å²) in [7, 11) is -3.72. The molecule has 3 N–H and O–H groups in total. The Morgan fingerprint density at radius 1 is 1.19 bits per heavy atom. The lowest BCUT2D eigenvalue weighted by Crippen LogP contribution is -2.24. The van der Waals surface area contributed by atoms with Gasteiger partial charge in [0.2, 0.25) is 9.84 Å². The van der Waals surface area contributed by atoms with Gasteiger partial charge in [0.1, 0.15) is 0 Å². The van der Waals surface area contributed by atoms with E-state index in [0.29, 0.717) is 5.69 Å². The summed E-state index contributed by atoms with van der Waals surface area (Å²) in [6.07, 6.45) is 2.70. The predicted molar refractivity (Wildman–Crippen MR) is 101 cm³/mol. The third kappa shape index (κ3) is 3.80. The number of hydrogen-bond donors (Lipinski definition) is 3. The molecule has 27 heavy (non-hydrogen) atoms. The number of sulfone groups is 1. The van der Waals surface area contributed by atoms with Crippen LogP contribution in [0.2, 0.25) is 0 Å². The van der Waals surface area contributed by atoms with E-state index in [4.69, 9.17) is 5.41 Å². The van der Waals surface area contributed by atoms with Crippen molar-refractivity contribution < 1.29 is 13.2 Å². The van der Waals surface area contributed by atoms with E-state index in [-0.39, 0.29) is 27.5 Å². The van der Waals surface area contributed by atoms with Gasteiger partial charge in [-0.1, -0.05) is 18.2 Å². The minimum absolute atomic E-state index is 0.0342. The first-order valence-electron chi connectivity index (χ1n) is 8.15. The molecule has 0 radical (unpaired) electrons. The smallest absolute Gasteiger partial charge is 0.252 e. The molecule has 0 spiro atoms. The lowest BCUT2D eigenvalue weighted by atomic mass is 10.1. The number of aromatic amines is 1. The van der Waals surface area contributed by atoms with Gasteiger partial charge in [0.15, 0.2) is 0 Å². The van der Waals surface area contributed by atoms with Crippen LogP contribution in [0.3, 0.4) is 0 Å². The van der Waals surface area contributed by atoms with Gasteiger partial charge in [0.25, 0.3) is 5.91 Å². The molecule has 3 aromatic rings. The van der Waals surface area contributed by atoms with Gasteiger partial charge in [0, 0.05) is 23.5 Å². The van der Waals surface area contributed by atoms with Crippen molar-refractivity contribution in [1.29, 1.82) is 5.41 Å². The van der Waals surface area contributed by atoms with Gasteiger partial charge < -0.3 is 10.7 Å². The van der Waals surface area contributed by atoms with Crippen LogP contribution in [-0.2, 0) is 16.4 Å². The summed E-state index contributed by atoms with van der Waals surface area (Å²) in [5.41, 5.74) is 2.09. The first-order valence-corrected chi connectivity index (χ1v) is 9.64. The summed E-state index contributed by atoms with van der Waals surface area (Å²) in [4.78, 5) is 12.7. The summed E-state index contributed by atoms with van der Waals surface area (Å²) < 4.78 is 25.4. The highest BCUT2D eigenvalue weighted by Gasteiger charge is 2.20. The second-order valence-electron chi connectivity index (χ2n) is 5.91. The Bertz CT molecular complexity index is 1090. The van der Waals surface area contributed by atoms with E-state index in [9.17, 15) is 13.2 Å². The average molecular weight is 382 g/mol. The molecule has 0 aliphatic rings. The summed E-state index contributed by atoms with van der Waals surface area (Å²) in [5.74, 6) is -0.403. The van der Waals surface area contributed by atoms with Crippen LogP contribution in [0.1, 0.15) is 27.2 Å². The molecule has 0 saturated heterocycles. The maximum atomic E-state index is 12.7. The van der Waals surface area contributed by atoms with E-state index in [1.807, 2.05) is 6.92 Å². The largest absolute Gasteiger partial charge is 0.346 e. The average Bonchev–Trinajstić information content (AvgIpc) is 3.11. The number of nitrogens with one attached hydrogen (secondary N) is 3. The van der Waals surface area contributed by atoms with Crippen LogP contribution < -0.4 is 5.32 Å². The summed E-state index contributed by atoms with van der Waals surface area (Å²) in [5, 5.41) is 17.1. The van der Waals surface area contributed by atoms with E-state index < -0.39 is 15.7 Å². The molecule has 8 heteroatoms. The molecule has 3 rings (SSSR count). The van der Waals surface area contributed by atoms with Crippen molar-refractivity contribution in [2.24, 2.45) is 0 Å². The molecule has 0 bridgehead atoms. The number of benzene rings is 2. The zero-order chi connectivity index (χ0) is 19.4. The number of aryl methyl sites for hydroxylation is 1. The van der Waals surface area contributed by atoms with Gasteiger partial charge in [0.05, 0.1) is 22.0 Å². The zero-order valence-corrected chi connectivity index (χ0v) is 15.4. The molecule has 1 amide bonds. The monoisotopic (exact) mass is 382 g/mol. The van der Waals surface area contributed by atoms with Crippen molar-refractivity contribution in [3.63, 3.8) is 0 Å². The van der Waals surface area contributed by atoms with E-state index >= 15 is 0 Å². The number of carbonyl (C=O) groups excluding carboxylic acids is 1. The molecule has 0 fully saturated rings. The highest BCUT2D eigenvalue weighted by Crippen LogP contribution is 2.22. The molecular formula is C19H18N4O3S. The highest BCUT2D eigenvalue weighted by atomic mass is 32.2. The SMILES string of the molecule is Cc1c[nH]nc1CNC(=O)c1ccc(S(=O)(=O)c2ccccc2)cc1C=N. The zero-order valence-electron chi connectivity index (χ0n) is 14.6. The van der Waals surface area contributed by atoms with Crippen molar-refractivity contribution in [2.45, 2.75) is 23.3 Å². The van der Waals surface area contributed by atoms with Crippen LogP contribution in [0.15, 0.2) is 64.5 Å². The third-order valence-electron chi connectivity index (χ3n) is 4.14. The van der Waals surface area contributed by atoms with Crippen molar-refractivity contribution in [3.05, 3.63) is 77.1 Å². The molecule has 0 aliphatic heterocycles. The Morgan fingerprint density at radius 2 is 1.93 bits per heavy atom. The minimum atomic E-state index is -3.72. The topological polar surface area (TPSA) is 116 Å². The number of H-pyrrole nitrogens is 1. The predicted octanol–water partition coefficient (Wildman–Crippen LogP) is 2.48. The van der Waals surface area contributed by atoms with Crippen LogP contribution in [0.5, 0.6) is 0 Å². The molecule has 138 valence electrons. The standard InChI is InChI=1S/C19H18N4O3S/c1-13-11-22-23-18(13)12-21-19(24)17-8-7-16(9-14(17)10-20)27(25,26)15-5-3-2-4-6-15/h2-11,20H,12H2,1H3,(H,21,24)(H,22,23). The minimum Gasteiger partial charge on any atom is -0.346 e. The Kier molecular flexibility index (Phi) is 5.18. The van der Waals surface area contributed by atoms with Gasteiger partial charge in [-0.2, -0.15) is 5.10 Å². The quantitative estimate of drug-likeness (QED) is 0.568. The van der Waals surface area contributed by atoms with Crippen LogP contribution in [-0.4, -0.2) is 30.7 Å². The van der Waals surface area contributed by atoms with E-state index in [2.05, 4.69) is 15.5 Å². The fraction of sp³-hybridized carbons (Fsp3) is 0.105. The van der Waals surface area contributed by atoms with Crippen LogP contribution >= 0.6 is 0 Å². The van der Waals surface area contributed by atoms with Crippen molar-refractivity contribution in [3.8, 4) is 0 Å². The number of aromatic nitrogens is 2. The van der Waals surface area contributed by atoms with Crippen molar-refractivity contribution in [2.75, 3.05) is 0 Å². The van der Waals surface area contributed by atoms with Gasteiger partial charge in [-0.15, -0.1) is 0 Å². The van der Waals surface area contributed by atoms with Gasteiger partial charge in [-0.3, -0.25) is 9.89 Å². The molecule has 1 heterocycles. The molecule has 0 saturated carbocycles. The van der Waals surface area contributed by atoms with Crippen LogP contribution in [0, 0.1) is 12.3 Å². The second kappa shape index (κ2) is 7.55. The normalized spacial score (nSPS) is 11.1. The number of amides is 1. The summed E-state index contributed by atoms with van der Waals surface area (Å²) in [6, 6.07) is 12.2. The van der Waals surface area contributed by atoms with E-state index in [0.717, 1.165) is 11.8 Å². The Labute approximate surface area is 156 Å². The van der Waals surface area contributed by atoms with Gasteiger partial charge >= 0.3 is 0 Å². The van der Waals surface area contributed by atoms with Crippen LogP contribution in [0.25, 0.3) is 0 Å². The Balaban J connectivity index is 1.87. The number of hydrogen-bond acceptors (Lipinski definition) is 5. The highest BCUT2D eigenvalue weighted by molar-refractivity contribution is 7.91. The fourth-order valence-corrected chi connectivity index (χ4v) is 3.90. The van der Waals surface area contributed by atoms with Gasteiger partial charge in [-0.25, -0.2) is 8.42 Å². The van der Waals surface area contributed by atoms with Crippen molar-refractivity contribution >= 4 is 22.0 Å². The third-order valence-corrected chi connectivity index (χ3v) is 5.91. The Morgan fingerprint density at radius 3 is 2.56 bits per heavy atom. The summed E-state index contributed by atoms with van der Waals surface area (Å²) in [6.45, 7) is 2.10. The Hall–Kier alpha value is -3.26. The lowest BCUT2D eigenvalue weighted by molar-refractivity contribution is 0.0950. The molecule has 2 aromatic carbocycles. The van der Waals surface area contributed by atoms with Crippen LogP contribution in [0.4, 0.5) is 0 Å². The maximum absolute atomic E-state index is 12.7. The van der Waals surface area contributed by atoms with E-state index in [1.165, 1.54) is 30.3 Å². The lowest BCUT2D eigenvalue weighted by Gasteiger charge is -2.10. The molecule has 7 nitrogen and oxygen atoms in total. The number of rotatable bonds is 6. The van der Waals surface area contributed by atoms with Crippen molar-refractivity contribution in [1.82, 2.24) is 15.5 Å². The molecular weight excluding hydrogens is 364 g/mol. The number of nitrogens with zero attached hydrogens (tertiary/aromatic N) is 1. The van der Waals surface area contributed by atoms with E-state index in [1.54, 1.807) is 24.4 Å². The first kappa shape index (κ1) is 18.5. The molecule has 0 atom stereocenters. The summed E-state index contributed by atoms with van der Waals surface area (Å²) >= 11 is 0. The number of carbonyl (C=O) groups is 1. The maximum Gasteiger partial charge on any atom is 0.252 e. The molecule has 0 aliphatic carbocycles. The fourth-order valence-electron chi connectivity index (χ4n) is 2.59.